The number of aliphatic hydroxyl groups excluding tert-OH is 1. The van der Waals surface area contributed by atoms with Crippen molar-refractivity contribution in [2.75, 3.05) is 13.1 Å². The second kappa shape index (κ2) is 5.17. The summed E-state index contributed by atoms with van der Waals surface area (Å²) in [5, 5.41) is 10.4. The van der Waals surface area contributed by atoms with Crippen molar-refractivity contribution in [2.45, 2.75) is 26.0 Å². The first-order chi connectivity index (χ1) is 7.65. The predicted octanol–water partition coefficient (Wildman–Crippen LogP) is 2.54. The van der Waals surface area contributed by atoms with Crippen molar-refractivity contribution in [1.29, 1.82) is 0 Å². The van der Waals surface area contributed by atoms with Crippen LogP contribution in [0.1, 0.15) is 18.9 Å². The first-order valence-electron chi connectivity index (χ1n) is 5.80. The third-order valence-corrected chi connectivity index (χ3v) is 3.52. The Hall–Kier alpha value is -0.570. The van der Waals surface area contributed by atoms with E-state index in [4.69, 9.17) is 11.6 Å². The molecule has 0 aliphatic carbocycles. The van der Waals surface area contributed by atoms with Crippen molar-refractivity contribution >= 4 is 11.6 Å². The monoisotopic (exact) mass is 239 g/mol. The van der Waals surface area contributed by atoms with Crippen molar-refractivity contribution in [1.82, 2.24) is 4.90 Å². The highest BCUT2D eigenvalue weighted by Gasteiger charge is 2.23. The minimum atomic E-state index is -0.124. The van der Waals surface area contributed by atoms with E-state index in [0.29, 0.717) is 5.92 Å². The number of aliphatic hydroxyl groups is 1. The minimum Gasteiger partial charge on any atom is -0.393 e. The molecule has 1 heterocycles. The number of piperidine rings is 1. The first-order valence-corrected chi connectivity index (χ1v) is 6.18. The molecule has 1 aromatic rings. The molecule has 0 unspecified atom stereocenters. The van der Waals surface area contributed by atoms with Crippen molar-refractivity contribution in [3.63, 3.8) is 0 Å². The van der Waals surface area contributed by atoms with Gasteiger partial charge in [0.15, 0.2) is 0 Å². The molecule has 1 saturated heterocycles. The third kappa shape index (κ3) is 2.97. The third-order valence-electron chi connectivity index (χ3n) is 3.26. The van der Waals surface area contributed by atoms with Gasteiger partial charge in [-0.15, -0.1) is 0 Å². The summed E-state index contributed by atoms with van der Waals surface area (Å²) in [5.41, 5.74) is 1.29. The molecule has 0 bridgehead atoms. The van der Waals surface area contributed by atoms with Gasteiger partial charge in [0.1, 0.15) is 0 Å². The molecule has 1 aromatic carbocycles. The van der Waals surface area contributed by atoms with Crippen molar-refractivity contribution < 1.29 is 5.11 Å². The van der Waals surface area contributed by atoms with E-state index in [0.717, 1.165) is 31.1 Å². The van der Waals surface area contributed by atoms with Crippen LogP contribution in [0.15, 0.2) is 24.3 Å². The van der Waals surface area contributed by atoms with E-state index in [1.807, 2.05) is 12.1 Å². The average molecular weight is 240 g/mol. The Morgan fingerprint density at radius 1 is 1.38 bits per heavy atom. The lowest BCUT2D eigenvalue weighted by Gasteiger charge is -2.34. The van der Waals surface area contributed by atoms with Gasteiger partial charge in [-0.25, -0.2) is 0 Å². The van der Waals surface area contributed by atoms with E-state index >= 15 is 0 Å². The van der Waals surface area contributed by atoms with Crippen molar-refractivity contribution in [3.05, 3.63) is 34.9 Å². The van der Waals surface area contributed by atoms with Crippen LogP contribution in [0.3, 0.4) is 0 Å². The fourth-order valence-corrected chi connectivity index (χ4v) is 2.34. The summed E-state index contributed by atoms with van der Waals surface area (Å²) < 4.78 is 0. The molecule has 0 amide bonds. The van der Waals surface area contributed by atoms with Gasteiger partial charge in [-0.2, -0.15) is 0 Å². The van der Waals surface area contributed by atoms with E-state index in [-0.39, 0.29) is 6.10 Å². The molecule has 2 rings (SSSR count). The maximum absolute atomic E-state index is 9.65. The topological polar surface area (TPSA) is 23.5 Å². The van der Waals surface area contributed by atoms with E-state index < -0.39 is 0 Å². The van der Waals surface area contributed by atoms with E-state index in [1.165, 1.54) is 5.56 Å². The zero-order valence-corrected chi connectivity index (χ0v) is 10.3. The Morgan fingerprint density at radius 2 is 2.06 bits per heavy atom. The summed E-state index contributed by atoms with van der Waals surface area (Å²) in [6.45, 7) is 5.02. The SMILES string of the molecule is C[C@@H]1CN(Cc2ccc(Cl)cc2)CC[C@@H]1O. The number of hydrogen-bond acceptors (Lipinski definition) is 2. The average Bonchev–Trinajstić information content (AvgIpc) is 2.27. The molecule has 3 heteroatoms. The highest BCUT2D eigenvalue weighted by atomic mass is 35.5. The van der Waals surface area contributed by atoms with Gasteiger partial charge in [0, 0.05) is 24.7 Å². The van der Waals surface area contributed by atoms with Gasteiger partial charge in [-0.1, -0.05) is 30.7 Å². The lowest BCUT2D eigenvalue weighted by molar-refractivity contribution is 0.0320. The second-order valence-corrected chi connectivity index (χ2v) is 5.13. The highest BCUT2D eigenvalue weighted by Crippen LogP contribution is 2.19. The van der Waals surface area contributed by atoms with Gasteiger partial charge < -0.3 is 5.11 Å². The van der Waals surface area contributed by atoms with Crippen LogP contribution >= 0.6 is 11.6 Å². The number of rotatable bonds is 2. The molecule has 16 heavy (non-hydrogen) atoms. The van der Waals surface area contributed by atoms with Crippen molar-refractivity contribution in [2.24, 2.45) is 5.92 Å². The van der Waals surface area contributed by atoms with Crippen molar-refractivity contribution in [3.8, 4) is 0 Å². The molecule has 2 nitrogen and oxygen atoms in total. The Balaban J connectivity index is 1.93. The Kier molecular flexibility index (Phi) is 3.85. The van der Waals surface area contributed by atoms with Crippen LogP contribution < -0.4 is 0 Å². The second-order valence-electron chi connectivity index (χ2n) is 4.69. The van der Waals surface area contributed by atoms with Gasteiger partial charge in [0.2, 0.25) is 0 Å². The number of hydrogen-bond donors (Lipinski definition) is 1. The fourth-order valence-electron chi connectivity index (χ4n) is 2.21. The standard InChI is InChI=1S/C13H18ClNO/c1-10-8-15(7-6-13(10)16)9-11-2-4-12(14)5-3-11/h2-5,10,13,16H,6-9H2,1H3/t10-,13+/m1/s1. The van der Waals surface area contributed by atoms with E-state index in [1.54, 1.807) is 0 Å². The van der Waals surface area contributed by atoms with Gasteiger partial charge in [-0.05, 0) is 30.0 Å². The van der Waals surface area contributed by atoms with Crippen LogP contribution in [-0.2, 0) is 6.54 Å². The summed E-state index contributed by atoms with van der Waals surface area (Å²) >= 11 is 5.85. The van der Waals surface area contributed by atoms with Crippen LogP contribution in [0, 0.1) is 5.92 Å². The fraction of sp³-hybridized carbons (Fsp3) is 0.538. The predicted molar refractivity (Wildman–Crippen MR) is 66.5 cm³/mol. The molecule has 0 spiro atoms. The maximum Gasteiger partial charge on any atom is 0.0590 e. The largest absolute Gasteiger partial charge is 0.393 e. The van der Waals surface area contributed by atoms with Crippen LogP contribution in [0.2, 0.25) is 5.02 Å². The molecule has 1 aliphatic heterocycles. The maximum atomic E-state index is 9.65. The van der Waals surface area contributed by atoms with Crippen LogP contribution in [0.25, 0.3) is 0 Å². The molecule has 88 valence electrons. The molecule has 1 aliphatic rings. The Labute approximate surface area is 102 Å². The smallest absolute Gasteiger partial charge is 0.0590 e. The van der Waals surface area contributed by atoms with Gasteiger partial charge in [0.05, 0.1) is 6.10 Å². The number of halogens is 1. The van der Waals surface area contributed by atoms with Crippen LogP contribution in [0.5, 0.6) is 0 Å². The number of nitrogens with zero attached hydrogens (tertiary/aromatic N) is 1. The molecular formula is C13H18ClNO. The molecule has 1 N–H and O–H groups in total. The van der Waals surface area contributed by atoms with Crippen LogP contribution in [0.4, 0.5) is 0 Å². The molecule has 0 radical (unpaired) electrons. The lowest BCUT2D eigenvalue weighted by Crippen LogP contribution is -2.41. The van der Waals surface area contributed by atoms with Gasteiger partial charge in [-0.3, -0.25) is 4.90 Å². The number of likely N-dealkylation sites (tertiary alicyclic amines) is 1. The zero-order valence-electron chi connectivity index (χ0n) is 9.56. The van der Waals surface area contributed by atoms with Gasteiger partial charge in [0.25, 0.3) is 0 Å². The van der Waals surface area contributed by atoms with Gasteiger partial charge >= 0.3 is 0 Å². The minimum absolute atomic E-state index is 0.124. The molecule has 0 aromatic heterocycles. The summed E-state index contributed by atoms with van der Waals surface area (Å²) in [6, 6.07) is 7.99. The molecular weight excluding hydrogens is 222 g/mol. The summed E-state index contributed by atoms with van der Waals surface area (Å²) in [7, 11) is 0. The quantitative estimate of drug-likeness (QED) is 0.858. The number of benzene rings is 1. The first kappa shape index (κ1) is 11.9. The van der Waals surface area contributed by atoms with E-state index in [2.05, 4.69) is 24.0 Å². The Morgan fingerprint density at radius 3 is 2.69 bits per heavy atom. The summed E-state index contributed by atoms with van der Waals surface area (Å²) in [4.78, 5) is 2.39. The van der Waals surface area contributed by atoms with E-state index in [9.17, 15) is 5.11 Å². The molecule has 1 fully saturated rings. The zero-order chi connectivity index (χ0) is 11.5. The molecule has 0 saturated carbocycles. The lowest BCUT2D eigenvalue weighted by atomic mass is 9.96. The highest BCUT2D eigenvalue weighted by molar-refractivity contribution is 6.30. The Bertz CT molecular complexity index is 338. The normalized spacial score (nSPS) is 26.9. The molecule has 2 atom stereocenters. The summed E-state index contributed by atoms with van der Waals surface area (Å²) in [6.07, 6.45) is 0.760. The van der Waals surface area contributed by atoms with Crippen LogP contribution in [-0.4, -0.2) is 29.2 Å². The summed E-state index contributed by atoms with van der Waals surface area (Å²) in [5.74, 6) is 0.376.